The minimum absolute atomic E-state index is 0.0450. The Balaban J connectivity index is 1.78. The smallest absolute Gasteiger partial charge is 0.274 e. The van der Waals surface area contributed by atoms with Crippen molar-refractivity contribution in [3.8, 4) is 5.69 Å². The van der Waals surface area contributed by atoms with Gasteiger partial charge in [-0.3, -0.25) is 4.79 Å². The minimum Gasteiger partial charge on any atom is -0.337 e. The molecule has 0 spiro atoms. The van der Waals surface area contributed by atoms with Gasteiger partial charge in [0, 0.05) is 18.8 Å². The van der Waals surface area contributed by atoms with Gasteiger partial charge in [0.15, 0.2) is 5.69 Å². The number of benzene rings is 1. The summed E-state index contributed by atoms with van der Waals surface area (Å²) in [6.45, 7) is 4.59. The molecule has 1 aromatic heterocycles. The zero-order valence-corrected chi connectivity index (χ0v) is 13.8. The van der Waals surface area contributed by atoms with Crippen LogP contribution in [0.4, 0.5) is 0 Å². The molecule has 0 radical (unpaired) electrons. The van der Waals surface area contributed by atoms with Crippen molar-refractivity contribution in [1.82, 2.24) is 20.0 Å². The van der Waals surface area contributed by atoms with Crippen LogP contribution in [0.15, 0.2) is 36.4 Å². The molecular formula is C18H24N4O. The van der Waals surface area contributed by atoms with Gasteiger partial charge in [-0.05, 0) is 57.5 Å². The Morgan fingerprint density at radius 3 is 2.87 bits per heavy atom. The summed E-state index contributed by atoms with van der Waals surface area (Å²) in [5.74, 6) is 0.582. The fraction of sp³-hybridized carbons (Fsp3) is 0.444. The number of rotatable bonds is 4. The predicted octanol–water partition coefficient (Wildman–Crippen LogP) is 2.25. The van der Waals surface area contributed by atoms with Crippen molar-refractivity contribution < 1.29 is 4.79 Å². The van der Waals surface area contributed by atoms with E-state index in [1.807, 2.05) is 60.0 Å². The fourth-order valence-corrected chi connectivity index (χ4v) is 3.28. The van der Waals surface area contributed by atoms with Crippen LogP contribution in [-0.2, 0) is 0 Å². The molecule has 0 aliphatic carbocycles. The largest absolute Gasteiger partial charge is 0.337 e. The second-order valence-electron chi connectivity index (χ2n) is 6.24. The molecule has 5 heteroatoms. The third-order valence-electron chi connectivity index (χ3n) is 4.41. The summed E-state index contributed by atoms with van der Waals surface area (Å²) in [4.78, 5) is 14.7. The number of hydrogen-bond acceptors (Lipinski definition) is 3. The molecule has 1 amide bonds. The minimum atomic E-state index is 0.0450. The van der Waals surface area contributed by atoms with Crippen molar-refractivity contribution in [2.45, 2.75) is 19.8 Å². The van der Waals surface area contributed by atoms with Gasteiger partial charge in [0.2, 0.25) is 0 Å². The number of carbonyl (C=O) groups excluding carboxylic acids is 1. The molecule has 0 unspecified atom stereocenters. The van der Waals surface area contributed by atoms with E-state index in [1.54, 1.807) is 0 Å². The van der Waals surface area contributed by atoms with E-state index in [0.29, 0.717) is 11.6 Å². The summed E-state index contributed by atoms with van der Waals surface area (Å²) in [6.07, 6.45) is 2.25. The van der Waals surface area contributed by atoms with Crippen molar-refractivity contribution in [3.05, 3.63) is 47.8 Å². The van der Waals surface area contributed by atoms with Crippen molar-refractivity contribution in [1.29, 1.82) is 0 Å². The van der Waals surface area contributed by atoms with E-state index in [-0.39, 0.29) is 5.91 Å². The van der Waals surface area contributed by atoms with Crippen LogP contribution < -0.4 is 5.32 Å². The van der Waals surface area contributed by atoms with Crippen LogP contribution in [0.25, 0.3) is 5.69 Å². The van der Waals surface area contributed by atoms with Crippen molar-refractivity contribution >= 4 is 5.91 Å². The molecule has 1 fully saturated rings. The standard InChI is InChI=1S/C18H24N4O/c1-14-11-17(20-22(14)16-8-4-3-5-9-16)18(23)21-10-6-7-15(13-21)12-19-2/h3-5,8-9,11,15,19H,6-7,10,12-13H2,1-2H3/t15-/m0/s1. The number of amides is 1. The first-order valence-electron chi connectivity index (χ1n) is 8.25. The van der Waals surface area contributed by atoms with Crippen LogP contribution in [0.1, 0.15) is 29.0 Å². The van der Waals surface area contributed by atoms with Gasteiger partial charge in [-0.25, -0.2) is 4.68 Å². The van der Waals surface area contributed by atoms with Gasteiger partial charge in [-0.15, -0.1) is 0 Å². The van der Waals surface area contributed by atoms with Gasteiger partial charge in [-0.2, -0.15) is 5.10 Å². The predicted molar refractivity (Wildman–Crippen MR) is 90.9 cm³/mol. The number of carbonyl (C=O) groups is 1. The lowest BCUT2D eigenvalue weighted by atomic mass is 9.98. The maximum Gasteiger partial charge on any atom is 0.274 e. The lowest BCUT2D eigenvalue weighted by Crippen LogP contribution is -2.42. The first-order valence-corrected chi connectivity index (χ1v) is 8.25. The maximum atomic E-state index is 12.8. The van der Waals surface area contributed by atoms with Gasteiger partial charge in [0.1, 0.15) is 0 Å². The van der Waals surface area contributed by atoms with Crippen LogP contribution in [0.5, 0.6) is 0 Å². The first-order chi connectivity index (χ1) is 11.2. The molecule has 1 N–H and O–H groups in total. The SMILES string of the molecule is CNC[C@@H]1CCCN(C(=O)c2cc(C)n(-c3ccccc3)n2)C1. The molecule has 122 valence electrons. The normalized spacial score (nSPS) is 18.2. The van der Waals surface area contributed by atoms with Crippen LogP contribution in [0, 0.1) is 12.8 Å². The summed E-state index contributed by atoms with van der Waals surface area (Å²) in [5.41, 5.74) is 2.50. The molecule has 0 saturated carbocycles. The lowest BCUT2D eigenvalue weighted by molar-refractivity contribution is 0.0668. The number of nitrogens with zero attached hydrogens (tertiary/aromatic N) is 3. The first kappa shape index (κ1) is 15.7. The zero-order chi connectivity index (χ0) is 16.2. The number of nitrogens with one attached hydrogen (secondary N) is 1. The summed E-state index contributed by atoms with van der Waals surface area (Å²) in [7, 11) is 1.96. The molecule has 23 heavy (non-hydrogen) atoms. The third kappa shape index (κ3) is 3.45. The number of aromatic nitrogens is 2. The summed E-state index contributed by atoms with van der Waals surface area (Å²) in [6, 6.07) is 11.8. The van der Waals surface area contributed by atoms with E-state index in [0.717, 1.165) is 37.4 Å². The Kier molecular flexibility index (Phi) is 4.76. The molecule has 1 atom stereocenters. The van der Waals surface area contributed by atoms with Gasteiger partial charge < -0.3 is 10.2 Å². The van der Waals surface area contributed by atoms with E-state index >= 15 is 0 Å². The summed E-state index contributed by atoms with van der Waals surface area (Å²) < 4.78 is 1.84. The van der Waals surface area contributed by atoms with Crippen LogP contribution in [0.2, 0.25) is 0 Å². The number of piperidine rings is 1. The Morgan fingerprint density at radius 1 is 1.35 bits per heavy atom. The van der Waals surface area contributed by atoms with Gasteiger partial charge in [-0.1, -0.05) is 18.2 Å². The highest BCUT2D eigenvalue weighted by molar-refractivity contribution is 5.92. The molecule has 1 saturated heterocycles. The van der Waals surface area contributed by atoms with E-state index in [2.05, 4.69) is 10.4 Å². The molecule has 5 nitrogen and oxygen atoms in total. The van der Waals surface area contributed by atoms with Crippen molar-refractivity contribution in [2.24, 2.45) is 5.92 Å². The van der Waals surface area contributed by atoms with Gasteiger partial charge in [0.25, 0.3) is 5.91 Å². The average molecular weight is 312 g/mol. The summed E-state index contributed by atoms with van der Waals surface area (Å²) >= 11 is 0. The topological polar surface area (TPSA) is 50.2 Å². The Morgan fingerprint density at radius 2 is 2.13 bits per heavy atom. The highest BCUT2D eigenvalue weighted by atomic mass is 16.2. The quantitative estimate of drug-likeness (QED) is 0.942. The zero-order valence-electron chi connectivity index (χ0n) is 13.8. The van der Waals surface area contributed by atoms with Crippen LogP contribution in [-0.4, -0.2) is 47.3 Å². The monoisotopic (exact) mass is 312 g/mol. The Labute approximate surface area is 137 Å². The molecule has 0 bridgehead atoms. The van der Waals surface area contributed by atoms with Crippen molar-refractivity contribution in [3.63, 3.8) is 0 Å². The van der Waals surface area contributed by atoms with Gasteiger partial charge >= 0.3 is 0 Å². The van der Waals surface area contributed by atoms with Crippen LogP contribution in [0.3, 0.4) is 0 Å². The molecule has 1 aliphatic rings. The van der Waals surface area contributed by atoms with E-state index < -0.39 is 0 Å². The fourth-order valence-electron chi connectivity index (χ4n) is 3.28. The molecule has 1 aliphatic heterocycles. The van der Waals surface area contributed by atoms with Crippen molar-refractivity contribution in [2.75, 3.05) is 26.7 Å². The number of para-hydroxylation sites is 1. The van der Waals surface area contributed by atoms with Crippen LogP contribution >= 0.6 is 0 Å². The third-order valence-corrected chi connectivity index (χ3v) is 4.41. The number of likely N-dealkylation sites (tertiary alicyclic amines) is 1. The molecule has 2 heterocycles. The molecule has 2 aromatic rings. The van der Waals surface area contributed by atoms with E-state index in [1.165, 1.54) is 6.42 Å². The lowest BCUT2D eigenvalue weighted by Gasteiger charge is -2.32. The van der Waals surface area contributed by atoms with E-state index in [9.17, 15) is 4.79 Å². The second-order valence-corrected chi connectivity index (χ2v) is 6.24. The average Bonchev–Trinajstić information content (AvgIpc) is 2.97. The highest BCUT2D eigenvalue weighted by Gasteiger charge is 2.26. The molecule has 1 aromatic carbocycles. The Hall–Kier alpha value is -2.14. The highest BCUT2D eigenvalue weighted by Crippen LogP contribution is 2.19. The second kappa shape index (κ2) is 6.96. The number of hydrogen-bond donors (Lipinski definition) is 1. The van der Waals surface area contributed by atoms with Gasteiger partial charge in [0.05, 0.1) is 5.69 Å². The maximum absolute atomic E-state index is 12.8. The molecule has 3 rings (SSSR count). The number of aryl methyl sites for hydroxylation is 1. The van der Waals surface area contributed by atoms with E-state index in [4.69, 9.17) is 0 Å². The Bertz CT molecular complexity index is 663. The summed E-state index contributed by atoms with van der Waals surface area (Å²) in [5, 5.41) is 7.75. The molecular weight excluding hydrogens is 288 g/mol.